The molecule has 8 nitrogen and oxygen atoms in total. The first-order valence-corrected chi connectivity index (χ1v) is 9.93. The zero-order valence-corrected chi connectivity index (χ0v) is 16.5. The highest BCUT2D eigenvalue weighted by Gasteiger charge is 2.08. The number of aryl methyl sites for hydroxylation is 1. The third kappa shape index (κ3) is 7.62. The Morgan fingerprint density at radius 1 is 1.10 bits per heavy atom. The van der Waals surface area contributed by atoms with Crippen LogP contribution >= 0.6 is 0 Å². The number of carboxylic acids is 1. The van der Waals surface area contributed by atoms with E-state index in [2.05, 4.69) is 14.7 Å². The number of carboxylic acid groups (broad SMARTS) is 1. The smallest absolute Gasteiger partial charge is 0.338 e. The van der Waals surface area contributed by atoms with Crippen LogP contribution in [0.1, 0.15) is 21.5 Å². The fourth-order valence-corrected chi connectivity index (χ4v) is 2.64. The summed E-state index contributed by atoms with van der Waals surface area (Å²) in [7, 11) is -3.59. The number of nitrogens with one attached hydrogen (secondary N) is 1. The van der Waals surface area contributed by atoms with E-state index in [9.17, 15) is 22.0 Å². The first-order chi connectivity index (χ1) is 14.0. The molecule has 1 aromatic heterocycles. The molecule has 0 aliphatic carbocycles. The van der Waals surface area contributed by atoms with E-state index >= 15 is 0 Å². The predicted octanol–water partition coefficient (Wildman–Crippen LogP) is 2.41. The van der Waals surface area contributed by atoms with Crippen LogP contribution in [0.25, 0.3) is 11.4 Å². The average molecular weight is 436 g/mol. The van der Waals surface area contributed by atoms with Crippen molar-refractivity contribution in [2.45, 2.75) is 13.5 Å². The summed E-state index contributed by atoms with van der Waals surface area (Å²) < 4.78 is 49.2. The number of rotatable bonds is 5. The lowest BCUT2D eigenvalue weighted by atomic mass is 10.1. The maximum atomic E-state index is 12.9. The van der Waals surface area contributed by atoms with Gasteiger partial charge < -0.3 is 5.11 Å². The van der Waals surface area contributed by atoms with Gasteiger partial charge in [0.05, 0.1) is 5.56 Å². The molecule has 3 aromatic rings. The average Bonchev–Trinajstić information content (AvgIpc) is 2.66. The summed E-state index contributed by atoms with van der Waals surface area (Å²) in [5.41, 5.74) is 2.05. The van der Waals surface area contributed by atoms with Crippen molar-refractivity contribution >= 4 is 16.2 Å². The van der Waals surface area contributed by atoms with E-state index in [0.717, 1.165) is 41.7 Å². The molecule has 3 rings (SSSR count). The number of aromatic carboxylic acids is 1. The molecular formula is C19H18F2N4O4S. The fraction of sp³-hybridized carbons (Fsp3) is 0.105. The van der Waals surface area contributed by atoms with Gasteiger partial charge in [0, 0.05) is 30.6 Å². The summed E-state index contributed by atoms with van der Waals surface area (Å²) in [6.45, 7) is 2.18. The summed E-state index contributed by atoms with van der Waals surface area (Å²) in [6, 6.07) is 10.4. The highest BCUT2D eigenvalue weighted by Crippen LogP contribution is 2.17. The summed E-state index contributed by atoms with van der Waals surface area (Å²) in [5, 5.41) is 13.4. The van der Waals surface area contributed by atoms with Crippen LogP contribution in [-0.4, -0.2) is 29.5 Å². The van der Waals surface area contributed by atoms with E-state index in [-0.39, 0.29) is 23.5 Å². The summed E-state index contributed by atoms with van der Waals surface area (Å²) in [6.07, 6.45) is 2.15. The monoisotopic (exact) mass is 436 g/mol. The van der Waals surface area contributed by atoms with Gasteiger partial charge in [0.2, 0.25) is 0 Å². The van der Waals surface area contributed by atoms with E-state index in [0.29, 0.717) is 0 Å². The van der Waals surface area contributed by atoms with Crippen LogP contribution in [0.15, 0.2) is 54.9 Å². The van der Waals surface area contributed by atoms with E-state index in [4.69, 9.17) is 10.2 Å². The molecule has 0 aliphatic heterocycles. The minimum Gasteiger partial charge on any atom is -0.478 e. The van der Waals surface area contributed by atoms with Crippen molar-refractivity contribution in [1.29, 1.82) is 0 Å². The molecule has 11 heteroatoms. The van der Waals surface area contributed by atoms with Crippen molar-refractivity contribution in [2.75, 3.05) is 0 Å². The van der Waals surface area contributed by atoms with Crippen molar-refractivity contribution in [3.63, 3.8) is 0 Å². The van der Waals surface area contributed by atoms with Crippen LogP contribution in [0.2, 0.25) is 0 Å². The third-order valence-corrected chi connectivity index (χ3v) is 4.13. The van der Waals surface area contributed by atoms with Gasteiger partial charge in [0.25, 0.3) is 10.2 Å². The number of halogens is 2. The normalized spacial score (nSPS) is 10.8. The lowest BCUT2D eigenvalue weighted by molar-refractivity contribution is 0.0696. The molecule has 4 N–H and O–H groups in total. The Balaban J connectivity index is 0.000000222. The highest BCUT2D eigenvalue weighted by atomic mass is 32.2. The molecule has 0 radical (unpaired) electrons. The zero-order chi connectivity index (χ0) is 22.3. The Hall–Kier alpha value is -3.28. The zero-order valence-electron chi connectivity index (χ0n) is 15.7. The van der Waals surface area contributed by atoms with Crippen LogP contribution in [0, 0.1) is 18.6 Å². The fourth-order valence-electron chi connectivity index (χ4n) is 2.28. The maximum Gasteiger partial charge on any atom is 0.338 e. The first kappa shape index (κ1) is 23.0. The van der Waals surface area contributed by atoms with Crippen molar-refractivity contribution in [2.24, 2.45) is 5.14 Å². The molecule has 30 heavy (non-hydrogen) atoms. The van der Waals surface area contributed by atoms with E-state index < -0.39 is 27.8 Å². The number of benzene rings is 2. The molecule has 0 bridgehead atoms. The number of nitrogens with two attached hydrogens (primary N) is 1. The molecule has 2 aromatic carbocycles. The lowest BCUT2D eigenvalue weighted by Gasteiger charge is -2.02. The number of hydrogen-bond donors (Lipinski definition) is 3. The minimum atomic E-state index is -3.59. The van der Waals surface area contributed by atoms with Crippen molar-refractivity contribution in [3.8, 4) is 11.4 Å². The minimum absolute atomic E-state index is 0.0633. The lowest BCUT2D eigenvalue weighted by Crippen LogP contribution is -2.30. The van der Waals surface area contributed by atoms with Gasteiger partial charge in [-0.3, -0.25) is 0 Å². The molecule has 0 saturated carbocycles. The van der Waals surface area contributed by atoms with Gasteiger partial charge >= 0.3 is 5.97 Å². The summed E-state index contributed by atoms with van der Waals surface area (Å²) in [4.78, 5) is 18.0. The largest absolute Gasteiger partial charge is 0.478 e. The van der Waals surface area contributed by atoms with Gasteiger partial charge in [-0.1, -0.05) is 29.8 Å². The van der Waals surface area contributed by atoms with Gasteiger partial charge in [-0.2, -0.15) is 13.1 Å². The molecule has 0 saturated heterocycles. The van der Waals surface area contributed by atoms with Gasteiger partial charge in [-0.15, -0.1) is 0 Å². The number of hydrogen-bond acceptors (Lipinski definition) is 5. The van der Waals surface area contributed by atoms with Crippen molar-refractivity contribution in [3.05, 3.63) is 83.2 Å². The summed E-state index contributed by atoms with van der Waals surface area (Å²) >= 11 is 0. The van der Waals surface area contributed by atoms with E-state index in [1.807, 2.05) is 31.2 Å². The topological polar surface area (TPSA) is 135 Å². The Morgan fingerprint density at radius 2 is 1.70 bits per heavy atom. The van der Waals surface area contributed by atoms with E-state index in [1.54, 1.807) is 0 Å². The summed E-state index contributed by atoms with van der Waals surface area (Å²) in [5.74, 6) is -2.59. The third-order valence-electron chi connectivity index (χ3n) is 3.58. The first-order valence-electron chi connectivity index (χ1n) is 8.38. The second-order valence-corrected chi connectivity index (χ2v) is 7.49. The molecular weight excluding hydrogens is 418 g/mol. The van der Waals surface area contributed by atoms with Gasteiger partial charge in [-0.25, -0.2) is 28.7 Å². The van der Waals surface area contributed by atoms with Gasteiger partial charge in [0.1, 0.15) is 11.6 Å². The Morgan fingerprint density at radius 3 is 2.20 bits per heavy atom. The van der Waals surface area contributed by atoms with Crippen LogP contribution in [0.3, 0.4) is 0 Å². The van der Waals surface area contributed by atoms with Gasteiger partial charge in [-0.05, 0) is 24.6 Å². The second kappa shape index (κ2) is 9.96. The Labute approximate surface area is 171 Å². The Bertz CT molecular complexity index is 1120. The number of nitrogens with zero attached hydrogens (tertiary/aromatic N) is 2. The Kier molecular flexibility index (Phi) is 7.64. The second-order valence-electron chi connectivity index (χ2n) is 6.11. The quantitative estimate of drug-likeness (QED) is 0.562. The van der Waals surface area contributed by atoms with Crippen molar-refractivity contribution < 1.29 is 27.1 Å². The van der Waals surface area contributed by atoms with Crippen LogP contribution in [-0.2, 0) is 16.8 Å². The van der Waals surface area contributed by atoms with Crippen molar-refractivity contribution in [1.82, 2.24) is 14.7 Å². The molecule has 0 amide bonds. The van der Waals surface area contributed by atoms with Crippen LogP contribution in [0.5, 0.6) is 0 Å². The number of carbonyl (C=O) groups is 1. The molecule has 0 fully saturated rings. The maximum absolute atomic E-state index is 12.9. The SMILES string of the molecule is Cc1cccc(CNS(N)(=O)=O)c1.O=C(O)c1cnc(-c2cc(F)cc(F)c2)nc1. The molecule has 0 spiro atoms. The molecule has 0 aliphatic rings. The van der Waals surface area contributed by atoms with Crippen LogP contribution in [0.4, 0.5) is 8.78 Å². The molecule has 1 heterocycles. The standard InChI is InChI=1S/C11H6F2N2O2.C8H12N2O2S/c12-8-1-6(2-9(13)3-8)10-14-4-7(5-15-10)11(16)17;1-7-3-2-4-8(5-7)6-10-13(9,11)12/h1-5H,(H,16,17);2-5,10H,6H2,1H3,(H2,9,11,12). The molecule has 0 atom stereocenters. The van der Waals surface area contributed by atoms with Crippen LogP contribution < -0.4 is 9.86 Å². The number of aromatic nitrogens is 2. The highest BCUT2D eigenvalue weighted by molar-refractivity contribution is 7.87. The van der Waals surface area contributed by atoms with E-state index in [1.165, 1.54) is 0 Å². The van der Waals surface area contributed by atoms with Gasteiger partial charge in [0.15, 0.2) is 5.82 Å². The predicted molar refractivity (Wildman–Crippen MR) is 105 cm³/mol. The molecule has 158 valence electrons. The molecule has 0 unspecified atom stereocenters.